The van der Waals surface area contributed by atoms with E-state index in [1.165, 1.54) is 27.4 Å². The van der Waals surface area contributed by atoms with Gasteiger partial charge in [0.15, 0.2) is 5.13 Å². The number of anilines is 1. The second-order valence-electron chi connectivity index (χ2n) is 5.78. The van der Waals surface area contributed by atoms with Crippen molar-refractivity contribution >= 4 is 34.1 Å². The highest BCUT2D eigenvalue weighted by molar-refractivity contribution is 7.98. The van der Waals surface area contributed by atoms with Crippen LogP contribution in [0.4, 0.5) is 5.13 Å². The molecule has 25 heavy (non-hydrogen) atoms. The number of hydrogen-bond donors (Lipinski definition) is 1. The van der Waals surface area contributed by atoms with E-state index in [2.05, 4.69) is 53.6 Å². The summed E-state index contributed by atoms with van der Waals surface area (Å²) in [4.78, 5) is 17.8. The molecule has 2 aromatic carbocycles. The summed E-state index contributed by atoms with van der Waals surface area (Å²) in [5.41, 5.74) is 3.41. The maximum atomic E-state index is 12.1. The van der Waals surface area contributed by atoms with Crippen LogP contribution in [0.25, 0.3) is 0 Å². The summed E-state index contributed by atoms with van der Waals surface area (Å²) in [6.45, 7) is 2.06. The summed E-state index contributed by atoms with van der Waals surface area (Å²) in [5.74, 6) is 0.817. The van der Waals surface area contributed by atoms with Crippen molar-refractivity contribution in [3.8, 4) is 0 Å². The molecule has 0 atom stereocenters. The zero-order valence-corrected chi connectivity index (χ0v) is 15.7. The lowest BCUT2D eigenvalue weighted by Gasteiger charge is -2.03. The average molecular weight is 369 g/mol. The molecule has 5 heteroatoms. The van der Waals surface area contributed by atoms with Crippen LogP contribution < -0.4 is 5.32 Å². The van der Waals surface area contributed by atoms with Gasteiger partial charge < -0.3 is 5.32 Å². The van der Waals surface area contributed by atoms with E-state index < -0.39 is 0 Å². The molecule has 0 saturated carbocycles. The van der Waals surface area contributed by atoms with Crippen LogP contribution in [0.2, 0.25) is 0 Å². The molecule has 1 heterocycles. The van der Waals surface area contributed by atoms with Crippen molar-refractivity contribution in [2.24, 2.45) is 0 Å². The first-order valence-electron chi connectivity index (χ1n) is 8.17. The van der Waals surface area contributed by atoms with Gasteiger partial charge in [0.05, 0.1) is 5.69 Å². The number of nitrogens with one attached hydrogen (secondary N) is 1. The number of aryl methyl sites for hydroxylation is 2. The normalized spacial score (nSPS) is 10.6. The fourth-order valence-corrected chi connectivity index (χ4v) is 3.94. The smallest absolute Gasteiger partial charge is 0.226 e. The summed E-state index contributed by atoms with van der Waals surface area (Å²) in [6, 6.07) is 18.5. The number of carbonyl (C=O) groups excluding carboxylic acids is 1. The Bertz CT molecular complexity index is 813. The van der Waals surface area contributed by atoms with Crippen LogP contribution in [0, 0.1) is 6.92 Å². The second kappa shape index (κ2) is 8.83. The number of aromatic nitrogens is 1. The monoisotopic (exact) mass is 368 g/mol. The molecule has 0 aliphatic heterocycles. The van der Waals surface area contributed by atoms with Crippen LogP contribution in [0.1, 0.15) is 23.2 Å². The van der Waals surface area contributed by atoms with E-state index in [1.807, 2.05) is 23.6 Å². The lowest BCUT2D eigenvalue weighted by Crippen LogP contribution is -2.12. The molecule has 0 unspecified atom stereocenters. The zero-order valence-electron chi connectivity index (χ0n) is 14.1. The van der Waals surface area contributed by atoms with E-state index in [9.17, 15) is 4.79 Å². The number of hydrogen-bond acceptors (Lipinski definition) is 4. The Morgan fingerprint density at radius 2 is 1.88 bits per heavy atom. The van der Waals surface area contributed by atoms with Crippen molar-refractivity contribution in [3.05, 3.63) is 76.8 Å². The van der Waals surface area contributed by atoms with Gasteiger partial charge in [-0.15, -0.1) is 23.1 Å². The first-order valence-corrected chi connectivity index (χ1v) is 10.0. The molecule has 0 radical (unpaired) electrons. The van der Waals surface area contributed by atoms with E-state index in [0.29, 0.717) is 11.6 Å². The number of benzene rings is 2. The Morgan fingerprint density at radius 1 is 1.12 bits per heavy atom. The molecule has 0 fully saturated rings. The number of carbonyl (C=O) groups is 1. The quantitative estimate of drug-likeness (QED) is 0.574. The minimum Gasteiger partial charge on any atom is -0.302 e. The third kappa shape index (κ3) is 5.73. The van der Waals surface area contributed by atoms with Gasteiger partial charge in [0.25, 0.3) is 0 Å². The van der Waals surface area contributed by atoms with Crippen LogP contribution in [0.15, 0.2) is 64.9 Å². The highest BCUT2D eigenvalue weighted by Gasteiger charge is 2.07. The third-order valence-electron chi connectivity index (χ3n) is 3.69. The minimum atomic E-state index is 0.0113. The maximum Gasteiger partial charge on any atom is 0.226 e. The number of thioether (sulfide) groups is 1. The van der Waals surface area contributed by atoms with Crippen LogP contribution in [-0.2, 0) is 17.0 Å². The number of thiazole rings is 1. The molecule has 0 aliphatic carbocycles. The van der Waals surface area contributed by atoms with Gasteiger partial charge in [0, 0.05) is 22.4 Å². The van der Waals surface area contributed by atoms with E-state index in [0.717, 1.165) is 17.9 Å². The Labute approximate surface area is 156 Å². The van der Waals surface area contributed by atoms with Crippen molar-refractivity contribution in [1.82, 2.24) is 4.98 Å². The van der Waals surface area contributed by atoms with Gasteiger partial charge in [0.2, 0.25) is 5.91 Å². The molecule has 3 rings (SSSR count). The van der Waals surface area contributed by atoms with E-state index in [-0.39, 0.29) is 5.91 Å². The SMILES string of the molecule is Cc1ccc(CCC(=O)Nc2nc(CSc3ccccc3)cs2)cc1. The topological polar surface area (TPSA) is 42.0 Å². The summed E-state index contributed by atoms with van der Waals surface area (Å²) >= 11 is 3.23. The predicted octanol–water partition coefficient (Wildman–Crippen LogP) is 5.32. The predicted molar refractivity (Wildman–Crippen MR) is 106 cm³/mol. The minimum absolute atomic E-state index is 0.0113. The maximum absolute atomic E-state index is 12.1. The molecule has 0 bridgehead atoms. The van der Waals surface area contributed by atoms with Crippen molar-refractivity contribution < 1.29 is 4.79 Å². The van der Waals surface area contributed by atoms with Crippen LogP contribution in [0.5, 0.6) is 0 Å². The lowest BCUT2D eigenvalue weighted by atomic mass is 10.1. The van der Waals surface area contributed by atoms with Crippen molar-refractivity contribution in [2.45, 2.75) is 30.4 Å². The fraction of sp³-hybridized carbons (Fsp3) is 0.200. The van der Waals surface area contributed by atoms with Gasteiger partial charge in [-0.2, -0.15) is 0 Å². The molecular weight excluding hydrogens is 348 g/mol. The molecule has 3 nitrogen and oxygen atoms in total. The van der Waals surface area contributed by atoms with Gasteiger partial charge in [-0.1, -0.05) is 48.0 Å². The van der Waals surface area contributed by atoms with Crippen LogP contribution in [-0.4, -0.2) is 10.9 Å². The Hall–Kier alpha value is -2.11. The Balaban J connectivity index is 1.45. The van der Waals surface area contributed by atoms with E-state index in [1.54, 1.807) is 11.8 Å². The van der Waals surface area contributed by atoms with Crippen LogP contribution >= 0.6 is 23.1 Å². The highest BCUT2D eigenvalue weighted by atomic mass is 32.2. The van der Waals surface area contributed by atoms with Gasteiger partial charge >= 0.3 is 0 Å². The zero-order chi connectivity index (χ0) is 17.5. The fourth-order valence-electron chi connectivity index (χ4n) is 2.30. The van der Waals surface area contributed by atoms with Crippen molar-refractivity contribution in [2.75, 3.05) is 5.32 Å². The first-order chi connectivity index (χ1) is 12.2. The third-order valence-corrected chi connectivity index (χ3v) is 5.54. The van der Waals surface area contributed by atoms with Crippen molar-refractivity contribution in [3.63, 3.8) is 0 Å². The van der Waals surface area contributed by atoms with Gasteiger partial charge in [-0.3, -0.25) is 4.79 Å². The Kier molecular flexibility index (Phi) is 6.25. The second-order valence-corrected chi connectivity index (χ2v) is 7.69. The van der Waals surface area contributed by atoms with Gasteiger partial charge in [0.1, 0.15) is 0 Å². The molecule has 1 N–H and O–H groups in total. The standard InChI is InChI=1S/C20H20N2OS2/c1-15-7-9-16(10-8-15)11-12-19(23)22-20-21-17(14-25-20)13-24-18-5-3-2-4-6-18/h2-10,14H,11-13H2,1H3,(H,21,22,23). The molecule has 0 aliphatic rings. The summed E-state index contributed by atoms with van der Waals surface area (Å²) in [7, 11) is 0. The molecule has 128 valence electrons. The summed E-state index contributed by atoms with van der Waals surface area (Å²) < 4.78 is 0. The van der Waals surface area contributed by atoms with E-state index in [4.69, 9.17) is 0 Å². The van der Waals surface area contributed by atoms with Gasteiger partial charge in [-0.25, -0.2) is 4.98 Å². The molecule has 3 aromatic rings. The Morgan fingerprint density at radius 3 is 2.64 bits per heavy atom. The van der Waals surface area contributed by atoms with Crippen molar-refractivity contribution in [1.29, 1.82) is 0 Å². The lowest BCUT2D eigenvalue weighted by molar-refractivity contribution is -0.116. The molecule has 1 aromatic heterocycles. The van der Waals surface area contributed by atoms with Crippen LogP contribution in [0.3, 0.4) is 0 Å². The first kappa shape index (κ1) is 17.7. The summed E-state index contributed by atoms with van der Waals surface area (Å²) in [6.07, 6.45) is 1.21. The molecule has 0 saturated heterocycles. The highest BCUT2D eigenvalue weighted by Crippen LogP contribution is 2.25. The largest absolute Gasteiger partial charge is 0.302 e. The van der Waals surface area contributed by atoms with E-state index >= 15 is 0 Å². The molecular formula is C20H20N2OS2. The number of amides is 1. The summed E-state index contributed by atoms with van der Waals surface area (Å²) in [5, 5.41) is 5.59. The number of rotatable bonds is 7. The van der Waals surface area contributed by atoms with Gasteiger partial charge in [-0.05, 0) is 31.0 Å². The number of nitrogens with zero attached hydrogens (tertiary/aromatic N) is 1. The molecule has 1 amide bonds. The average Bonchev–Trinajstić information content (AvgIpc) is 3.08. The molecule has 0 spiro atoms.